The van der Waals surface area contributed by atoms with Crippen LogP contribution in [0.2, 0.25) is 0 Å². The van der Waals surface area contributed by atoms with Gasteiger partial charge in [-0.3, -0.25) is 0 Å². The summed E-state index contributed by atoms with van der Waals surface area (Å²) in [5, 5.41) is 4.84. The first-order valence-electron chi connectivity index (χ1n) is 20.4. The smallest absolute Gasteiger partial charge is 0.151 e. The molecule has 0 radical (unpaired) electrons. The summed E-state index contributed by atoms with van der Waals surface area (Å²) in [4.78, 5) is 2.43. The Morgan fingerprint density at radius 3 is 1.59 bits per heavy atom. The van der Waals surface area contributed by atoms with Gasteiger partial charge in [-0.15, -0.1) is 0 Å². The average molecular weight is 744 g/mol. The highest BCUT2D eigenvalue weighted by Crippen LogP contribution is 2.57. The van der Waals surface area contributed by atoms with Crippen LogP contribution in [-0.2, 0) is 10.8 Å². The molecule has 9 aromatic rings. The quantitative estimate of drug-likeness (QED) is 0.167. The molecule has 0 fully saturated rings. The fourth-order valence-corrected chi connectivity index (χ4v) is 10.6. The topological polar surface area (TPSA) is 12.5 Å². The van der Waals surface area contributed by atoms with E-state index in [0.29, 0.717) is 0 Å². The molecule has 58 heavy (non-hydrogen) atoms. The molecule has 1 aliphatic heterocycles. The molecule has 0 amide bonds. The lowest BCUT2D eigenvalue weighted by Gasteiger charge is -2.35. The lowest BCUT2D eigenvalue weighted by atomic mass is 9.81. The maximum atomic E-state index is 6.55. The molecule has 0 spiro atoms. The Balaban J connectivity index is 1.16. The molecule has 3 aliphatic rings. The minimum atomic E-state index is -0.0844. The third-order valence-corrected chi connectivity index (χ3v) is 13.4. The Morgan fingerprint density at radius 2 is 0.862 bits per heavy atom. The van der Waals surface area contributed by atoms with Crippen LogP contribution in [0.4, 0.5) is 17.1 Å². The van der Waals surface area contributed by atoms with Crippen molar-refractivity contribution in [3.8, 4) is 56.0 Å². The molecule has 276 valence electrons. The van der Waals surface area contributed by atoms with Crippen molar-refractivity contribution in [2.45, 2.75) is 38.5 Å². The van der Waals surface area contributed by atoms with E-state index in [1.807, 2.05) is 0 Å². The van der Waals surface area contributed by atoms with Crippen molar-refractivity contribution in [2.75, 3.05) is 4.90 Å². The van der Waals surface area contributed by atoms with Gasteiger partial charge >= 0.3 is 0 Å². The van der Waals surface area contributed by atoms with Crippen LogP contribution in [-0.4, -0.2) is 0 Å². The predicted octanol–water partition coefficient (Wildman–Crippen LogP) is 15.5. The van der Waals surface area contributed by atoms with Gasteiger partial charge in [0.2, 0.25) is 0 Å². The molecule has 2 heteroatoms. The lowest BCUT2D eigenvalue weighted by molar-refractivity contribution is 0.477. The van der Waals surface area contributed by atoms with Crippen LogP contribution in [0.25, 0.3) is 66.1 Å². The number of nitrogens with zero attached hydrogens (tertiary/aromatic N) is 1. The number of fused-ring (bicyclic) bond motifs is 10. The first-order valence-corrected chi connectivity index (χ1v) is 20.4. The zero-order valence-corrected chi connectivity index (χ0v) is 33.1. The minimum Gasteiger partial charge on any atom is -0.453 e. The summed E-state index contributed by atoms with van der Waals surface area (Å²) in [5.74, 6) is 1.70. The summed E-state index contributed by atoms with van der Waals surface area (Å²) in [6.07, 6.45) is 0. The molecule has 0 N–H and O–H groups in total. The highest BCUT2D eigenvalue weighted by Gasteiger charge is 2.37. The summed E-state index contributed by atoms with van der Waals surface area (Å²) < 4.78 is 6.55. The number of anilines is 3. The zero-order chi connectivity index (χ0) is 38.9. The second-order valence-corrected chi connectivity index (χ2v) is 17.3. The minimum absolute atomic E-state index is 0.0657. The fraction of sp³-hybridized carbons (Fsp3) is 0.107. The van der Waals surface area contributed by atoms with Gasteiger partial charge in [0.05, 0.1) is 17.1 Å². The Hall–Kier alpha value is -6.90. The summed E-state index contributed by atoms with van der Waals surface area (Å²) >= 11 is 0. The molecule has 2 nitrogen and oxygen atoms in total. The number of benzene rings is 9. The van der Waals surface area contributed by atoms with E-state index in [4.69, 9.17) is 4.74 Å². The van der Waals surface area contributed by atoms with Gasteiger partial charge in [-0.05, 0) is 120 Å². The van der Waals surface area contributed by atoms with E-state index in [2.05, 4.69) is 209 Å². The molecule has 12 rings (SSSR count). The van der Waals surface area contributed by atoms with Gasteiger partial charge in [0.1, 0.15) is 0 Å². The lowest BCUT2D eigenvalue weighted by Crippen LogP contribution is -2.16. The Bertz CT molecular complexity index is 3170. The second-order valence-electron chi connectivity index (χ2n) is 17.3. The maximum absolute atomic E-state index is 6.55. The van der Waals surface area contributed by atoms with Gasteiger partial charge in [-0.1, -0.05) is 161 Å². The molecule has 0 saturated heterocycles. The van der Waals surface area contributed by atoms with Crippen LogP contribution in [0.3, 0.4) is 0 Å². The van der Waals surface area contributed by atoms with Gasteiger partial charge < -0.3 is 9.64 Å². The Kier molecular flexibility index (Phi) is 6.78. The molecule has 2 aliphatic carbocycles. The van der Waals surface area contributed by atoms with Crippen LogP contribution in [0.1, 0.15) is 49.9 Å². The van der Waals surface area contributed by atoms with Crippen molar-refractivity contribution < 1.29 is 4.74 Å². The van der Waals surface area contributed by atoms with E-state index in [-0.39, 0.29) is 10.8 Å². The van der Waals surface area contributed by atoms with Crippen molar-refractivity contribution in [1.82, 2.24) is 0 Å². The molecule has 9 aromatic carbocycles. The third kappa shape index (κ3) is 4.49. The summed E-state index contributed by atoms with van der Waals surface area (Å²) in [6.45, 7) is 9.45. The van der Waals surface area contributed by atoms with E-state index in [1.54, 1.807) is 0 Å². The van der Waals surface area contributed by atoms with Crippen molar-refractivity contribution in [1.29, 1.82) is 0 Å². The zero-order valence-electron chi connectivity index (χ0n) is 33.1. The van der Waals surface area contributed by atoms with Crippen molar-refractivity contribution in [3.63, 3.8) is 0 Å². The van der Waals surface area contributed by atoms with Crippen LogP contribution < -0.4 is 9.64 Å². The van der Waals surface area contributed by atoms with Gasteiger partial charge in [-0.2, -0.15) is 0 Å². The molecule has 0 aromatic heterocycles. The van der Waals surface area contributed by atoms with Gasteiger partial charge in [0.15, 0.2) is 11.5 Å². The molecule has 0 bridgehead atoms. The average Bonchev–Trinajstić information content (AvgIpc) is 3.63. The number of ether oxygens (including phenoxy) is 1. The molecule has 1 heterocycles. The Labute approximate surface area is 339 Å². The van der Waals surface area contributed by atoms with Crippen molar-refractivity contribution in [2.24, 2.45) is 0 Å². The van der Waals surface area contributed by atoms with Crippen LogP contribution >= 0.6 is 0 Å². The van der Waals surface area contributed by atoms with Crippen LogP contribution in [0.15, 0.2) is 176 Å². The number of hydrogen-bond acceptors (Lipinski definition) is 2. The molecule has 0 atom stereocenters. The van der Waals surface area contributed by atoms with E-state index in [0.717, 1.165) is 28.6 Å². The molecular formula is C56H41NO. The predicted molar refractivity (Wildman–Crippen MR) is 242 cm³/mol. The van der Waals surface area contributed by atoms with E-state index in [9.17, 15) is 0 Å². The number of rotatable bonds is 3. The first-order chi connectivity index (χ1) is 28.3. The third-order valence-electron chi connectivity index (χ3n) is 13.4. The number of hydrogen-bond donors (Lipinski definition) is 0. The van der Waals surface area contributed by atoms with Crippen LogP contribution in [0, 0.1) is 0 Å². The van der Waals surface area contributed by atoms with Gasteiger partial charge in [0.25, 0.3) is 0 Å². The SMILES string of the molecule is CC1(C)c2ccccc2-c2cc(-c3c4ccccc4c(N4c5ccccc5Oc5ccccc54)c4ccc(-c5ccc6c(c5)C(C)(C)c5ccccc5-6)cc34)ccc21. The van der Waals surface area contributed by atoms with E-state index in [1.165, 1.54) is 88.3 Å². The highest BCUT2D eigenvalue weighted by atomic mass is 16.5. The second kappa shape index (κ2) is 11.8. The maximum Gasteiger partial charge on any atom is 0.151 e. The summed E-state index contributed by atoms with van der Waals surface area (Å²) in [6, 6.07) is 65.2. The van der Waals surface area contributed by atoms with Gasteiger partial charge in [0, 0.05) is 21.6 Å². The molecular weight excluding hydrogens is 703 g/mol. The van der Waals surface area contributed by atoms with E-state index >= 15 is 0 Å². The van der Waals surface area contributed by atoms with Crippen molar-refractivity contribution >= 4 is 38.6 Å². The summed E-state index contributed by atoms with van der Waals surface area (Å²) in [7, 11) is 0. The highest BCUT2D eigenvalue weighted by molar-refractivity contribution is 6.23. The standard InChI is InChI=1S/C56H41NO/c1-55(2)46-20-10-8-16-38(46)43-32-36(27-30-47(43)55)53-40-17-5-6-18-41(40)54(57-49-21-11-13-23-51(49)58-52-24-14-12-22-50(52)57)42-29-26-34(31-44(42)53)35-25-28-39-37-15-7-9-19-45(37)56(3,4)48(39)33-35/h5-33H,1-4H3. The summed E-state index contributed by atoms with van der Waals surface area (Å²) in [5.41, 5.74) is 18.9. The van der Waals surface area contributed by atoms with E-state index < -0.39 is 0 Å². The van der Waals surface area contributed by atoms with Crippen LogP contribution in [0.5, 0.6) is 11.5 Å². The number of para-hydroxylation sites is 4. The van der Waals surface area contributed by atoms with Gasteiger partial charge in [-0.25, -0.2) is 0 Å². The fourth-order valence-electron chi connectivity index (χ4n) is 10.6. The monoisotopic (exact) mass is 743 g/mol. The normalized spacial score (nSPS) is 14.9. The van der Waals surface area contributed by atoms with Crippen molar-refractivity contribution in [3.05, 3.63) is 198 Å². The molecule has 0 saturated carbocycles. The molecule has 0 unspecified atom stereocenters. The Morgan fingerprint density at radius 1 is 0.362 bits per heavy atom. The first kappa shape index (κ1) is 33.3. The largest absolute Gasteiger partial charge is 0.453 e.